The number of benzene rings is 2. The molecule has 0 saturated heterocycles. The van der Waals surface area contributed by atoms with Crippen LogP contribution in [0, 0.1) is 11.6 Å². The van der Waals surface area contributed by atoms with Crippen LogP contribution in [-0.4, -0.2) is 19.5 Å². The molecule has 2 aromatic carbocycles. The van der Waals surface area contributed by atoms with Gasteiger partial charge in [0.1, 0.15) is 23.1 Å². The van der Waals surface area contributed by atoms with E-state index in [1.165, 1.54) is 31.4 Å². The second-order valence-electron chi connectivity index (χ2n) is 4.13. The monoisotopic (exact) mass is 312 g/mol. The topological polar surface area (TPSA) is 35.5 Å². The maximum atomic E-state index is 13.2. The molecule has 0 atom stereocenters. The summed E-state index contributed by atoms with van der Waals surface area (Å²) in [5.74, 6) is -1.11. The van der Waals surface area contributed by atoms with Gasteiger partial charge in [0.05, 0.1) is 17.7 Å². The molecule has 3 nitrogen and oxygen atoms in total. The fourth-order valence-electron chi connectivity index (χ4n) is 1.69. The Balaban J connectivity index is 2.11. The van der Waals surface area contributed by atoms with E-state index in [4.69, 9.17) is 21.1 Å². The molecule has 0 N–H and O–H groups in total. The highest BCUT2D eigenvalue weighted by atomic mass is 35.5. The number of ketones is 1. The van der Waals surface area contributed by atoms with E-state index in [1.807, 2.05) is 0 Å². The summed E-state index contributed by atoms with van der Waals surface area (Å²) in [5.41, 5.74) is 0.0747. The highest BCUT2D eigenvalue weighted by Gasteiger charge is 2.14. The molecule has 0 heterocycles. The number of halogens is 3. The van der Waals surface area contributed by atoms with Gasteiger partial charge in [0.2, 0.25) is 5.78 Å². The molecule has 0 fully saturated rings. The lowest BCUT2D eigenvalue weighted by atomic mass is 10.1. The zero-order valence-corrected chi connectivity index (χ0v) is 11.8. The molecule has 0 saturated carbocycles. The van der Waals surface area contributed by atoms with E-state index >= 15 is 0 Å². The molecular weight excluding hydrogens is 302 g/mol. The summed E-state index contributed by atoms with van der Waals surface area (Å²) in [6, 6.07) is 7.35. The van der Waals surface area contributed by atoms with Crippen LogP contribution < -0.4 is 9.47 Å². The summed E-state index contributed by atoms with van der Waals surface area (Å²) in [4.78, 5) is 12.0. The molecule has 0 unspecified atom stereocenters. The van der Waals surface area contributed by atoms with Crippen molar-refractivity contribution < 1.29 is 23.0 Å². The Morgan fingerprint density at radius 1 is 1.19 bits per heavy atom. The molecule has 0 amide bonds. The van der Waals surface area contributed by atoms with Crippen LogP contribution in [0.25, 0.3) is 0 Å². The molecule has 110 valence electrons. The van der Waals surface area contributed by atoms with Crippen LogP contribution >= 0.6 is 11.6 Å². The fourth-order valence-corrected chi connectivity index (χ4v) is 1.86. The number of hydrogen-bond acceptors (Lipinski definition) is 3. The predicted octanol–water partition coefficient (Wildman–Crippen LogP) is 3.89. The summed E-state index contributed by atoms with van der Waals surface area (Å²) in [6.45, 7) is -0.345. The fraction of sp³-hybridized carbons (Fsp3) is 0.133. The third kappa shape index (κ3) is 3.70. The second-order valence-corrected chi connectivity index (χ2v) is 4.54. The molecule has 21 heavy (non-hydrogen) atoms. The Hall–Kier alpha value is -2.14. The van der Waals surface area contributed by atoms with Crippen LogP contribution in [0.5, 0.6) is 11.5 Å². The maximum absolute atomic E-state index is 13.2. The van der Waals surface area contributed by atoms with Crippen molar-refractivity contribution in [2.75, 3.05) is 13.7 Å². The molecule has 2 aromatic rings. The lowest BCUT2D eigenvalue weighted by Crippen LogP contribution is -2.13. The number of methoxy groups -OCH3 is 1. The predicted molar refractivity (Wildman–Crippen MR) is 74.2 cm³/mol. The number of hydrogen-bond donors (Lipinski definition) is 0. The maximum Gasteiger partial charge on any atom is 0.204 e. The first-order valence-electron chi connectivity index (χ1n) is 5.96. The standard InChI is InChI=1S/C15H11ClF2O3/c1-20-15-5-2-9(17)6-11(15)14(19)8-21-10-3-4-13(18)12(16)7-10/h2-7H,8H2,1H3. The molecule has 0 aromatic heterocycles. The van der Waals surface area contributed by atoms with E-state index < -0.39 is 17.4 Å². The van der Waals surface area contributed by atoms with Gasteiger partial charge in [-0.25, -0.2) is 8.78 Å². The SMILES string of the molecule is COc1ccc(F)cc1C(=O)COc1ccc(F)c(Cl)c1. The quantitative estimate of drug-likeness (QED) is 0.786. The summed E-state index contributed by atoms with van der Waals surface area (Å²) in [6.07, 6.45) is 0. The van der Waals surface area contributed by atoms with Gasteiger partial charge in [-0.3, -0.25) is 4.79 Å². The second kappa shape index (κ2) is 6.54. The molecule has 0 aliphatic heterocycles. The van der Waals surface area contributed by atoms with Crippen molar-refractivity contribution >= 4 is 17.4 Å². The van der Waals surface area contributed by atoms with Crippen molar-refractivity contribution in [3.8, 4) is 11.5 Å². The smallest absolute Gasteiger partial charge is 0.204 e. The Bertz CT molecular complexity index is 674. The zero-order chi connectivity index (χ0) is 15.4. The summed E-state index contributed by atoms with van der Waals surface area (Å²) in [5, 5.41) is -0.108. The van der Waals surface area contributed by atoms with Gasteiger partial charge in [0.15, 0.2) is 6.61 Å². The third-order valence-electron chi connectivity index (χ3n) is 2.72. The van der Waals surface area contributed by atoms with Gasteiger partial charge in [0.25, 0.3) is 0 Å². The van der Waals surface area contributed by atoms with Crippen LogP contribution in [0.4, 0.5) is 8.78 Å². The van der Waals surface area contributed by atoms with Gasteiger partial charge >= 0.3 is 0 Å². The first kappa shape index (κ1) is 15.3. The molecular formula is C15H11ClF2O3. The van der Waals surface area contributed by atoms with Gasteiger partial charge in [-0.1, -0.05) is 11.6 Å². The first-order valence-corrected chi connectivity index (χ1v) is 6.33. The van der Waals surface area contributed by atoms with E-state index in [-0.39, 0.29) is 28.7 Å². The minimum Gasteiger partial charge on any atom is -0.496 e. The van der Waals surface area contributed by atoms with Crippen molar-refractivity contribution in [2.24, 2.45) is 0 Å². The molecule has 6 heteroatoms. The molecule has 0 radical (unpaired) electrons. The molecule has 0 aliphatic rings. The van der Waals surface area contributed by atoms with Crippen molar-refractivity contribution in [3.63, 3.8) is 0 Å². The van der Waals surface area contributed by atoms with E-state index in [0.717, 1.165) is 12.1 Å². The van der Waals surface area contributed by atoms with Crippen LogP contribution in [0.2, 0.25) is 5.02 Å². The minimum absolute atomic E-state index is 0.0747. The lowest BCUT2D eigenvalue weighted by molar-refractivity contribution is 0.0918. The van der Waals surface area contributed by atoms with Gasteiger partial charge in [0, 0.05) is 6.07 Å². The number of ether oxygens (including phenoxy) is 2. The highest BCUT2D eigenvalue weighted by molar-refractivity contribution is 6.30. The Labute approximate surface area is 125 Å². The average molecular weight is 313 g/mol. The summed E-state index contributed by atoms with van der Waals surface area (Å²) in [7, 11) is 1.38. The van der Waals surface area contributed by atoms with Gasteiger partial charge in [-0.05, 0) is 30.3 Å². The molecule has 0 bridgehead atoms. The third-order valence-corrected chi connectivity index (χ3v) is 3.01. The molecule has 2 rings (SSSR count). The average Bonchev–Trinajstić information content (AvgIpc) is 2.48. The number of carbonyl (C=O) groups excluding carboxylic acids is 1. The largest absolute Gasteiger partial charge is 0.496 e. The Morgan fingerprint density at radius 2 is 1.95 bits per heavy atom. The van der Waals surface area contributed by atoms with Crippen LogP contribution in [-0.2, 0) is 0 Å². The van der Waals surface area contributed by atoms with Gasteiger partial charge in [-0.15, -0.1) is 0 Å². The van der Waals surface area contributed by atoms with Gasteiger partial charge < -0.3 is 9.47 Å². The number of Topliss-reactive ketones (excluding diaryl/α,β-unsaturated/α-hetero) is 1. The first-order chi connectivity index (χ1) is 10.0. The van der Waals surface area contributed by atoms with Crippen molar-refractivity contribution in [1.82, 2.24) is 0 Å². The minimum atomic E-state index is -0.581. The van der Waals surface area contributed by atoms with Crippen molar-refractivity contribution in [1.29, 1.82) is 0 Å². The van der Waals surface area contributed by atoms with Crippen LogP contribution in [0.3, 0.4) is 0 Å². The normalized spacial score (nSPS) is 10.3. The van der Waals surface area contributed by atoms with E-state index in [0.29, 0.717) is 0 Å². The Kier molecular flexibility index (Phi) is 4.75. The number of carbonyl (C=O) groups is 1. The Morgan fingerprint density at radius 3 is 2.62 bits per heavy atom. The lowest BCUT2D eigenvalue weighted by Gasteiger charge is -2.09. The van der Waals surface area contributed by atoms with Crippen LogP contribution in [0.1, 0.15) is 10.4 Å². The van der Waals surface area contributed by atoms with Crippen LogP contribution in [0.15, 0.2) is 36.4 Å². The van der Waals surface area contributed by atoms with E-state index in [9.17, 15) is 13.6 Å². The number of rotatable bonds is 5. The summed E-state index contributed by atoms with van der Waals surface area (Å²) < 4.78 is 36.4. The molecule has 0 aliphatic carbocycles. The summed E-state index contributed by atoms with van der Waals surface area (Å²) >= 11 is 5.61. The zero-order valence-electron chi connectivity index (χ0n) is 11.0. The van der Waals surface area contributed by atoms with E-state index in [2.05, 4.69) is 0 Å². The highest BCUT2D eigenvalue weighted by Crippen LogP contribution is 2.23. The van der Waals surface area contributed by atoms with Gasteiger partial charge in [-0.2, -0.15) is 0 Å². The van der Waals surface area contributed by atoms with Crippen molar-refractivity contribution in [2.45, 2.75) is 0 Å². The molecule has 0 spiro atoms. The van der Waals surface area contributed by atoms with E-state index in [1.54, 1.807) is 0 Å². The van der Waals surface area contributed by atoms with Crippen molar-refractivity contribution in [3.05, 3.63) is 58.6 Å².